The lowest BCUT2D eigenvalue weighted by atomic mass is 10.2. The number of fused-ring (bicyclic) bond motifs is 1. The molecule has 2 aliphatic heterocycles. The van der Waals surface area contributed by atoms with E-state index in [4.69, 9.17) is 18.7 Å². The molecule has 2 aromatic rings. The summed E-state index contributed by atoms with van der Waals surface area (Å²) in [6.45, 7) is 6.90. The zero-order chi connectivity index (χ0) is 18.5. The predicted molar refractivity (Wildman–Crippen MR) is 98.7 cm³/mol. The van der Waals surface area contributed by atoms with Gasteiger partial charge in [0, 0.05) is 18.7 Å². The fourth-order valence-electron chi connectivity index (χ4n) is 3.32. The van der Waals surface area contributed by atoms with Crippen LogP contribution >= 0.6 is 0 Å². The van der Waals surface area contributed by atoms with Crippen molar-refractivity contribution in [2.45, 2.75) is 19.4 Å². The van der Waals surface area contributed by atoms with Crippen LogP contribution in [0.3, 0.4) is 0 Å². The zero-order valence-corrected chi connectivity index (χ0v) is 15.7. The molecule has 8 heteroatoms. The van der Waals surface area contributed by atoms with Gasteiger partial charge in [-0.25, -0.2) is 0 Å². The number of rotatable bonds is 8. The molecular weight excluding hydrogens is 348 g/mol. The number of ether oxygens (including phenoxy) is 3. The first-order chi connectivity index (χ1) is 13.3. The Morgan fingerprint density at radius 3 is 2.85 bits per heavy atom. The molecule has 1 saturated heterocycles. The van der Waals surface area contributed by atoms with Gasteiger partial charge in [-0.15, -0.1) is 0 Å². The van der Waals surface area contributed by atoms with Crippen molar-refractivity contribution in [2.24, 2.45) is 0 Å². The lowest BCUT2D eigenvalue weighted by Crippen LogP contribution is -2.37. The van der Waals surface area contributed by atoms with Gasteiger partial charge in [0.15, 0.2) is 11.5 Å². The van der Waals surface area contributed by atoms with Crippen molar-refractivity contribution in [2.75, 3.05) is 53.2 Å². The van der Waals surface area contributed by atoms with Crippen molar-refractivity contribution < 1.29 is 18.7 Å². The van der Waals surface area contributed by atoms with Gasteiger partial charge in [0.25, 0.3) is 0 Å². The third kappa shape index (κ3) is 4.77. The maximum atomic E-state index is 5.41. The largest absolute Gasteiger partial charge is 0.454 e. The molecule has 146 valence electrons. The van der Waals surface area contributed by atoms with E-state index in [0.717, 1.165) is 62.9 Å². The highest BCUT2D eigenvalue weighted by molar-refractivity contribution is 5.61. The van der Waals surface area contributed by atoms with E-state index < -0.39 is 0 Å². The van der Waals surface area contributed by atoms with Crippen LogP contribution in [0.4, 0.5) is 0 Å². The van der Waals surface area contributed by atoms with Crippen LogP contribution in [0.5, 0.6) is 11.5 Å². The van der Waals surface area contributed by atoms with E-state index in [1.807, 2.05) is 18.2 Å². The predicted octanol–water partition coefficient (Wildman–Crippen LogP) is 2.01. The molecule has 0 unspecified atom stereocenters. The minimum absolute atomic E-state index is 0.257. The number of morpholine rings is 1. The Bertz CT molecular complexity index is 745. The minimum atomic E-state index is 0.257. The van der Waals surface area contributed by atoms with E-state index in [0.29, 0.717) is 18.3 Å². The molecule has 27 heavy (non-hydrogen) atoms. The highest BCUT2D eigenvalue weighted by atomic mass is 16.7. The second-order valence-corrected chi connectivity index (χ2v) is 6.98. The van der Waals surface area contributed by atoms with Crippen molar-refractivity contribution in [1.29, 1.82) is 0 Å². The van der Waals surface area contributed by atoms with Crippen LogP contribution in [0.15, 0.2) is 22.7 Å². The molecule has 0 saturated carbocycles. The molecule has 8 nitrogen and oxygen atoms in total. The summed E-state index contributed by atoms with van der Waals surface area (Å²) in [4.78, 5) is 9.20. The van der Waals surface area contributed by atoms with Crippen molar-refractivity contribution in [1.82, 2.24) is 19.9 Å². The fourth-order valence-corrected chi connectivity index (χ4v) is 3.32. The Morgan fingerprint density at radius 1 is 1.11 bits per heavy atom. The van der Waals surface area contributed by atoms with Gasteiger partial charge in [-0.2, -0.15) is 4.98 Å². The van der Waals surface area contributed by atoms with E-state index in [-0.39, 0.29) is 6.79 Å². The first kappa shape index (κ1) is 18.2. The van der Waals surface area contributed by atoms with Crippen LogP contribution in [0.1, 0.15) is 18.7 Å². The van der Waals surface area contributed by atoms with Crippen LogP contribution in [-0.4, -0.2) is 73.2 Å². The van der Waals surface area contributed by atoms with Crippen LogP contribution in [0, 0.1) is 0 Å². The molecule has 0 amide bonds. The molecule has 2 aliphatic rings. The monoisotopic (exact) mass is 374 g/mol. The number of hydrogen-bond acceptors (Lipinski definition) is 8. The van der Waals surface area contributed by atoms with Gasteiger partial charge in [0.2, 0.25) is 18.5 Å². The van der Waals surface area contributed by atoms with Crippen LogP contribution < -0.4 is 9.47 Å². The molecule has 0 atom stereocenters. The Hall–Kier alpha value is -2.16. The van der Waals surface area contributed by atoms with Gasteiger partial charge in [-0.1, -0.05) is 5.16 Å². The Labute approximate surface area is 159 Å². The molecule has 0 radical (unpaired) electrons. The van der Waals surface area contributed by atoms with Gasteiger partial charge < -0.3 is 18.7 Å². The van der Waals surface area contributed by atoms with Gasteiger partial charge in [0.05, 0.1) is 19.8 Å². The van der Waals surface area contributed by atoms with Crippen LogP contribution in [0.2, 0.25) is 0 Å². The Kier molecular flexibility index (Phi) is 5.86. The molecule has 0 spiro atoms. The second-order valence-electron chi connectivity index (χ2n) is 6.98. The maximum absolute atomic E-state index is 5.41. The average Bonchev–Trinajstić information content (AvgIpc) is 3.34. The van der Waals surface area contributed by atoms with Gasteiger partial charge in [-0.05, 0) is 51.2 Å². The lowest BCUT2D eigenvalue weighted by Gasteiger charge is -2.26. The van der Waals surface area contributed by atoms with Gasteiger partial charge in [-0.3, -0.25) is 9.80 Å². The Morgan fingerprint density at radius 2 is 1.96 bits per heavy atom. The molecule has 1 fully saturated rings. The summed E-state index contributed by atoms with van der Waals surface area (Å²) >= 11 is 0. The standard InChI is InChI=1S/C19H26N4O4/c1-22(6-2-3-7-23-8-10-24-11-9-23)13-18-20-19(21-27-18)15-4-5-16-17(12-15)26-14-25-16/h4-5,12H,2-3,6-11,13-14H2,1H3. The molecular formula is C19H26N4O4. The zero-order valence-electron chi connectivity index (χ0n) is 15.7. The normalized spacial score (nSPS) is 17.0. The smallest absolute Gasteiger partial charge is 0.241 e. The number of hydrogen-bond donors (Lipinski definition) is 0. The average molecular weight is 374 g/mol. The first-order valence-electron chi connectivity index (χ1n) is 9.49. The number of aromatic nitrogens is 2. The van der Waals surface area contributed by atoms with Crippen molar-refractivity contribution in [3.05, 3.63) is 24.1 Å². The number of benzene rings is 1. The van der Waals surface area contributed by atoms with E-state index in [9.17, 15) is 0 Å². The van der Waals surface area contributed by atoms with Crippen molar-refractivity contribution in [3.63, 3.8) is 0 Å². The highest BCUT2D eigenvalue weighted by Gasteiger charge is 2.17. The summed E-state index contributed by atoms with van der Waals surface area (Å²) in [5.41, 5.74) is 0.863. The minimum Gasteiger partial charge on any atom is -0.454 e. The topological polar surface area (TPSA) is 73.1 Å². The van der Waals surface area contributed by atoms with Gasteiger partial charge in [0.1, 0.15) is 0 Å². The van der Waals surface area contributed by atoms with E-state index in [2.05, 4.69) is 27.0 Å². The lowest BCUT2D eigenvalue weighted by molar-refractivity contribution is 0.0369. The molecule has 1 aromatic carbocycles. The number of nitrogens with zero attached hydrogens (tertiary/aromatic N) is 4. The second kappa shape index (κ2) is 8.69. The van der Waals surface area contributed by atoms with Crippen molar-refractivity contribution in [3.8, 4) is 22.9 Å². The molecule has 1 aromatic heterocycles. The van der Waals surface area contributed by atoms with E-state index in [1.165, 1.54) is 6.42 Å². The molecule has 3 heterocycles. The Balaban J connectivity index is 1.22. The fraction of sp³-hybridized carbons (Fsp3) is 0.579. The molecule has 0 bridgehead atoms. The van der Waals surface area contributed by atoms with E-state index >= 15 is 0 Å². The highest BCUT2D eigenvalue weighted by Crippen LogP contribution is 2.35. The summed E-state index contributed by atoms with van der Waals surface area (Å²) in [5, 5.41) is 4.09. The van der Waals surface area contributed by atoms with Crippen molar-refractivity contribution >= 4 is 0 Å². The SMILES string of the molecule is CN(CCCCN1CCOCC1)Cc1nc(-c2ccc3c(c2)OCO3)no1. The third-order valence-electron chi connectivity index (χ3n) is 4.87. The van der Waals surface area contributed by atoms with Crippen LogP contribution in [0.25, 0.3) is 11.4 Å². The molecule has 4 rings (SSSR count). The maximum Gasteiger partial charge on any atom is 0.241 e. The number of unbranched alkanes of at least 4 members (excludes halogenated alkanes) is 1. The molecule has 0 N–H and O–H groups in total. The first-order valence-corrected chi connectivity index (χ1v) is 9.49. The van der Waals surface area contributed by atoms with Gasteiger partial charge >= 0.3 is 0 Å². The summed E-state index contributed by atoms with van der Waals surface area (Å²) in [7, 11) is 2.08. The van der Waals surface area contributed by atoms with E-state index in [1.54, 1.807) is 0 Å². The summed E-state index contributed by atoms with van der Waals surface area (Å²) < 4.78 is 21.5. The molecule has 0 aliphatic carbocycles. The quantitative estimate of drug-likeness (QED) is 0.650. The summed E-state index contributed by atoms with van der Waals surface area (Å²) in [6, 6.07) is 5.66. The third-order valence-corrected chi connectivity index (χ3v) is 4.87. The summed E-state index contributed by atoms with van der Waals surface area (Å²) in [5.74, 6) is 2.66. The van der Waals surface area contributed by atoms with Crippen LogP contribution in [-0.2, 0) is 11.3 Å². The summed E-state index contributed by atoms with van der Waals surface area (Å²) in [6.07, 6.45) is 2.34.